The number of hydrogen-bond donors (Lipinski definition) is 3. The zero-order chi connectivity index (χ0) is 12.8. The summed E-state index contributed by atoms with van der Waals surface area (Å²) >= 11 is 0. The molecular weight excluding hydrogens is 212 g/mol. The van der Waals surface area contributed by atoms with Crippen LogP contribution in [0.2, 0.25) is 0 Å². The summed E-state index contributed by atoms with van der Waals surface area (Å²) in [4.78, 5) is 10.3. The van der Waals surface area contributed by atoms with Gasteiger partial charge in [0.05, 0.1) is 13.2 Å². The van der Waals surface area contributed by atoms with Crippen molar-refractivity contribution in [3.63, 3.8) is 0 Å². The predicted molar refractivity (Wildman–Crippen MR) is 62.1 cm³/mol. The van der Waals surface area contributed by atoms with Gasteiger partial charge in [0.2, 0.25) is 0 Å². The van der Waals surface area contributed by atoms with E-state index in [2.05, 4.69) is 5.32 Å². The van der Waals surface area contributed by atoms with Crippen LogP contribution in [0.4, 0.5) is 0 Å². The molecule has 0 aromatic rings. The van der Waals surface area contributed by atoms with E-state index in [-0.39, 0.29) is 18.7 Å². The molecule has 0 aromatic carbocycles. The van der Waals surface area contributed by atoms with Crippen LogP contribution in [0.5, 0.6) is 0 Å². The van der Waals surface area contributed by atoms with E-state index in [1.165, 1.54) is 6.92 Å². The highest BCUT2D eigenvalue weighted by Gasteiger charge is 2.02. The highest BCUT2D eigenvalue weighted by atomic mass is 16.6. The average molecular weight is 236 g/mol. The molecule has 0 aliphatic rings. The lowest BCUT2D eigenvalue weighted by atomic mass is 10.4. The van der Waals surface area contributed by atoms with E-state index in [1.807, 2.05) is 0 Å². The minimum Gasteiger partial charge on any atom is -0.460 e. The van der Waals surface area contributed by atoms with Crippen molar-refractivity contribution in [1.29, 1.82) is 0 Å². The van der Waals surface area contributed by atoms with Crippen molar-refractivity contribution < 1.29 is 19.4 Å². The Balaban J connectivity index is 0. The molecule has 0 aromatic heterocycles. The summed E-state index contributed by atoms with van der Waals surface area (Å²) in [5.74, 6) is -0.264. The van der Waals surface area contributed by atoms with Gasteiger partial charge in [-0.05, 0) is 6.92 Å². The highest BCUT2D eigenvalue weighted by Crippen LogP contribution is 1.90. The summed E-state index contributed by atoms with van der Waals surface area (Å²) in [5.41, 5.74) is 5.13. The zero-order valence-corrected chi connectivity index (χ0v) is 10.4. The summed E-state index contributed by atoms with van der Waals surface area (Å²) in [7, 11) is 1.57. The summed E-state index contributed by atoms with van der Waals surface area (Å²) in [6, 6.07) is 0. The van der Waals surface area contributed by atoms with Gasteiger partial charge in [0, 0.05) is 33.7 Å². The van der Waals surface area contributed by atoms with Crippen LogP contribution < -0.4 is 11.1 Å². The average Bonchev–Trinajstić information content (AvgIpc) is 2.18. The fraction of sp³-hybridized carbons (Fsp3) is 0.900. The monoisotopic (exact) mass is 236 g/mol. The summed E-state index contributed by atoms with van der Waals surface area (Å²) in [6.45, 7) is 5.90. The molecule has 98 valence electrons. The molecule has 0 saturated heterocycles. The number of ether oxygens (including phenoxy) is 2. The smallest absolute Gasteiger partial charge is 0.302 e. The Morgan fingerprint density at radius 3 is 2.50 bits per heavy atom. The molecule has 0 fully saturated rings. The molecule has 0 aliphatic heterocycles. The Morgan fingerprint density at radius 1 is 1.50 bits per heavy atom. The third kappa shape index (κ3) is 19.0. The molecule has 0 saturated carbocycles. The van der Waals surface area contributed by atoms with Gasteiger partial charge in [0.15, 0.2) is 0 Å². The number of hydrogen-bond acceptors (Lipinski definition) is 6. The Hall–Kier alpha value is -0.690. The first-order chi connectivity index (χ1) is 7.58. The van der Waals surface area contributed by atoms with Gasteiger partial charge in [-0.3, -0.25) is 4.79 Å². The van der Waals surface area contributed by atoms with Crippen molar-refractivity contribution in [3.05, 3.63) is 0 Å². The lowest BCUT2D eigenvalue weighted by Gasteiger charge is -2.08. The maximum absolute atomic E-state index is 10.3. The van der Waals surface area contributed by atoms with Crippen molar-refractivity contribution in [2.45, 2.75) is 20.0 Å². The molecular formula is C10H24N2O4. The Kier molecular flexibility index (Phi) is 15.8. The van der Waals surface area contributed by atoms with E-state index < -0.39 is 0 Å². The van der Waals surface area contributed by atoms with Gasteiger partial charge >= 0.3 is 5.97 Å². The third-order valence-corrected chi connectivity index (χ3v) is 1.38. The van der Waals surface area contributed by atoms with Gasteiger partial charge in [-0.1, -0.05) is 0 Å². The van der Waals surface area contributed by atoms with Crippen LogP contribution >= 0.6 is 0 Å². The molecule has 4 N–H and O–H groups in total. The number of esters is 1. The predicted octanol–water partition coefficient (Wildman–Crippen LogP) is -0.889. The number of aliphatic hydroxyl groups excluding tert-OH is 1. The molecule has 0 radical (unpaired) electrons. The lowest BCUT2D eigenvalue weighted by molar-refractivity contribution is -0.147. The molecule has 1 atom stereocenters. The molecule has 1 unspecified atom stereocenters. The van der Waals surface area contributed by atoms with E-state index in [9.17, 15) is 4.79 Å². The van der Waals surface area contributed by atoms with E-state index >= 15 is 0 Å². The maximum atomic E-state index is 10.3. The van der Waals surface area contributed by atoms with Crippen molar-refractivity contribution in [2.24, 2.45) is 5.73 Å². The molecule has 6 nitrogen and oxygen atoms in total. The zero-order valence-electron chi connectivity index (χ0n) is 10.4. The molecule has 16 heavy (non-hydrogen) atoms. The number of methoxy groups -OCH3 is 1. The number of aliphatic hydroxyl groups is 1. The Labute approximate surface area is 97.1 Å². The summed E-state index contributed by atoms with van der Waals surface area (Å²) in [6.07, 6.45) is -0.132. The molecule has 0 aliphatic carbocycles. The first-order valence-corrected chi connectivity index (χ1v) is 5.26. The number of carbonyl (C=O) groups is 1. The number of rotatable bonds is 7. The van der Waals surface area contributed by atoms with Crippen LogP contribution in [0.15, 0.2) is 0 Å². The molecule has 0 heterocycles. The van der Waals surface area contributed by atoms with Gasteiger partial charge in [0.1, 0.15) is 6.10 Å². The second-order valence-electron chi connectivity index (χ2n) is 3.14. The third-order valence-electron chi connectivity index (χ3n) is 1.38. The second-order valence-corrected chi connectivity index (χ2v) is 3.14. The maximum Gasteiger partial charge on any atom is 0.302 e. The quantitative estimate of drug-likeness (QED) is 0.392. The van der Waals surface area contributed by atoms with E-state index in [4.69, 9.17) is 20.3 Å². The van der Waals surface area contributed by atoms with Crippen molar-refractivity contribution in [2.75, 3.05) is 40.0 Å². The van der Waals surface area contributed by atoms with Gasteiger partial charge in [-0.15, -0.1) is 0 Å². The summed E-state index contributed by atoms with van der Waals surface area (Å²) in [5, 5.41) is 11.1. The van der Waals surface area contributed by atoms with Crippen molar-refractivity contribution in [1.82, 2.24) is 5.32 Å². The minimum atomic E-state index is -0.264. The van der Waals surface area contributed by atoms with Gasteiger partial charge in [-0.25, -0.2) is 0 Å². The fourth-order valence-electron chi connectivity index (χ4n) is 0.858. The van der Waals surface area contributed by atoms with Crippen molar-refractivity contribution >= 4 is 5.97 Å². The van der Waals surface area contributed by atoms with Gasteiger partial charge in [-0.2, -0.15) is 0 Å². The number of carbonyl (C=O) groups excluding carboxylic acids is 1. The van der Waals surface area contributed by atoms with E-state index in [0.717, 1.165) is 6.54 Å². The standard InChI is InChI=1S/C6H12O3.C4H12N2O/c1-5(4-8-3)9-6(2)7;5-1-2-6-3-4-7/h5H,4H2,1-3H3;6-7H,1-5H2. The van der Waals surface area contributed by atoms with Crippen LogP contribution in [-0.4, -0.2) is 57.1 Å². The molecule has 0 bridgehead atoms. The number of nitrogens with one attached hydrogen (secondary N) is 1. The lowest BCUT2D eigenvalue weighted by Crippen LogP contribution is -2.24. The SMILES string of the molecule is COCC(C)OC(C)=O.NCCNCCO. The molecule has 6 heteroatoms. The van der Waals surface area contributed by atoms with Crippen LogP contribution in [0, 0.1) is 0 Å². The topological polar surface area (TPSA) is 93.8 Å². The first kappa shape index (κ1) is 17.7. The largest absolute Gasteiger partial charge is 0.460 e. The highest BCUT2D eigenvalue weighted by molar-refractivity contribution is 5.66. The van der Waals surface area contributed by atoms with Gasteiger partial charge in [0.25, 0.3) is 0 Å². The van der Waals surface area contributed by atoms with Crippen LogP contribution in [0.3, 0.4) is 0 Å². The van der Waals surface area contributed by atoms with E-state index in [1.54, 1.807) is 14.0 Å². The Morgan fingerprint density at radius 2 is 2.12 bits per heavy atom. The second kappa shape index (κ2) is 14.3. The van der Waals surface area contributed by atoms with Crippen LogP contribution in [0.1, 0.15) is 13.8 Å². The fourth-order valence-corrected chi connectivity index (χ4v) is 0.858. The first-order valence-electron chi connectivity index (χ1n) is 5.26. The summed E-state index contributed by atoms with van der Waals surface area (Å²) < 4.78 is 9.45. The Bertz CT molecular complexity index is 152. The van der Waals surface area contributed by atoms with Gasteiger partial charge < -0.3 is 25.6 Å². The van der Waals surface area contributed by atoms with Crippen molar-refractivity contribution in [3.8, 4) is 0 Å². The van der Waals surface area contributed by atoms with Crippen LogP contribution in [-0.2, 0) is 14.3 Å². The molecule has 0 rings (SSSR count). The number of nitrogens with two attached hydrogens (primary N) is 1. The molecule has 0 spiro atoms. The normalized spacial score (nSPS) is 11.3. The van der Waals surface area contributed by atoms with E-state index in [0.29, 0.717) is 19.7 Å². The minimum absolute atomic E-state index is 0.132. The molecule has 0 amide bonds. The van der Waals surface area contributed by atoms with Crippen LogP contribution in [0.25, 0.3) is 0 Å².